The Morgan fingerprint density at radius 2 is 2.00 bits per heavy atom. The van der Waals surface area contributed by atoms with E-state index < -0.39 is 29.8 Å². The van der Waals surface area contributed by atoms with Crippen LogP contribution in [0.2, 0.25) is 5.02 Å². The van der Waals surface area contributed by atoms with Crippen LogP contribution in [0.1, 0.15) is 30.2 Å². The molecule has 45 heavy (non-hydrogen) atoms. The maximum Gasteiger partial charge on any atom is 0.247 e. The quantitative estimate of drug-likeness (QED) is 0.134. The van der Waals surface area contributed by atoms with Crippen molar-refractivity contribution in [3.63, 3.8) is 0 Å². The van der Waals surface area contributed by atoms with Crippen LogP contribution in [0, 0.1) is 5.82 Å². The van der Waals surface area contributed by atoms with Crippen molar-refractivity contribution in [2.24, 2.45) is 5.16 Å². The molecule has 230 valence electrons. The maximum absolute atomic E-state index is 15.8. The zero-order valence-corrected chi connectivity index (χ0v) is 24.6. The molecule has 2 aliphatic heterocycles. The van der Waals surface area contributed by atoms with E-state index >= 15 is 4.39 Å². The van der Waals surface area contributed by atoms with Gasteiger partial charge in [0.15, 0.2) is 5.82 Å². The summed E-state index contributed by atoms with van der Waals surface area (Å²) < 4.78 is 37.5. The summed E-state index contributed by atoms with van der Waals surface area (Å²) >= 11 is 6.52. The summed E-state index contributed by atoms with van der Waals surface area (Å²) in [7, 11) is 0. The van der Waals surface area contributed by atoms with Gasteiger partial charge in [-0.05, 0) is 42.3 Å². The van der Waals surface area contributed by atoms with Crippen molar-refractivity contribution in [3.05, 3.63) is 76.5 Å². The molecule has 2 aromatic heterocycles. The molecule has 3 aromatic carbocycles. The van der Waals surface area contributed by atoms with Crippen LogP contribution in [0.25, 0.3) is 33.1 Å². The molecule has 11 nitrogen and oxygen atoms in total. The fourth-order valence-corrected chi connectivity index (χ4v) is 6.36. The summed E-state index contributed by atoms with van der Waals surface area (Å²) in [6.07, 6.45) is -0.208. The Bertz CT molecular complexity index is 2040. The largest absolute Gasteiger partial charge is 0.411 e. The number of nitrogens with zero attached hydrogens (tertiary/aromatic N) is 5. The highest BCUT2D eigenvalue weighted by atomic mass is 35.5. The Morgan fingerprint density at radius 3 is 2.80 bits per heavy atom. The zero-order chi connectivity index (χ0) is 31.4. The number of hydrogen-bond acceptors (Lipinski definition) is 7. The number of alkyl halides is 1. The molecule has 7 rings (SSSR count). The van der Waals surface area contributed by atoms with Crippen LogP contribution in [0.15, 0.2) is 53.9 Å². The lowest BCUT2D eigenvalue weighted by Gasteiger charge is -2.24. The number of carbonyl (C=O) groups is 2. The van der Waals surface area contributed by atoms with Crippen LogP contribution in [0.3, 0.4) is 0 Å². The molecule has 2 aliphatic rings. The molecule has 1 saturated heterocycles. The Kier molecular flexibility index (Phi) is 7.21. The zero-order valence-electron chi connectivity index (χ0n) is 23.9. The molecular weight excluding hydrogens is 608 g/mol. The molecule has 4 heterocycles. The fraction of sp³-hybridized carbons (Fsp3) is 0.258. The number of nitrogens with one attached hydrogen (secondary N) is 2. The summed E-state index contributed by atoms with van der Waals surface area (Å²) in [5.41, 5.74) is 4.71. The molecule has 1 fully saturated rings. The highest BCUT2D eigenvalue weighted by Crippen LogP contribution is 2.36. The number of amides is 2. The van der Waals surface area contributed by atoms with Gasteiger partial charge in [-0.3, -0.25) is 14.3 Å². The third-order valence-electron chi connectivity index (χ3n) is 8.31. The molecule has 0 bridgehead atoms. The third kappa shape index (κ3) is 4.97. The number of imidazole rings is 1. The Morgan fingerprint density at radius 1 is 1.20 bits per heavy atom. The summed E-state index contributed by atoms with van der Waals surface area (Å²) in [5.74, 6) is -2.00. The Labute approximate surface area is 259 Å². The monoisotopic (exact) mass is 633 g/mol. The number of H-pyrrole nitrogens is 1. The van der Waals surface area contributed by atoms with Gasteiger partial charge in [-0.25, -0.2) is 13.8 Å². The minimum absolute atomic E-state index is 0.136. The van der Waals surface area contributed by atoms with Gasteiger partial charge in [-0.2, -0.15) is 5.10 Å². The minimum atomic E-state index is -1.45. The molecule has 0 spiro atoms. The second-order valence-electron chi connectivity index (χ2n) is 11.1. The van der Waals surface area contributed by atoms with E-state index in [9.17, 15) is 19.2 Å². The number of hydrogen-bond donors (Lipinski definition) is 3. The normalized spacial score (nSPS) is 18.2. The van der Waals surface area contributed by atoms with Crippen LogP contribution >= 0.6 is 11.6 Å². The molecule has 3 N–H and O–H groups in total. The van der Waals surface area contributed by atoms with Crippen molar-refractivity contribution in [1.82, 2.24) is 24.6 Å². The van der Waals surface area contributed by atoms with E-state index in [-0.39, 0.29) is 41.5 Å². The average Bonchev–Trinajstić information content (AvgIpc) is 3.83. The molecule has 2 atom stereocenters. The summed E-state index contributed by atoms with van der Waals surface area (Å²) in [4.78, 5) is 35.3. The highest BCUT2D eigenvalue weighted by Gasteiger charge is 2.40. The molecule has 0 radical (unpaired) electrons. The van der Waals surface area contributed by atoms with Crippen molar-refractivity contribution in [1.29, 1.82) is 0 Å². The second-order valence-corrected chi connectivity index (χ2v) is 11.5. The maximum atomic E-state index is 15.8. The van der Waals surface area contributed by atoms with Crippen molar-refractivity contribution in [2.45, 2.75) is 45.3 Å². The van der Waals surface area contributed by atoms with E-state index in [1.165, 1.54) is 23.1 Å². The van der Waals surface area contributed by atoms with Crippen LogP contribution in [-0.4, -0.2) is 66.1 Å². The number of anilines is 1. The number of likely N-dealkylation sites (tertiary alicyclic amines) is 1. The van der Waals surface area contributed by atoms with Crippen LogP contribution in [-0.2, 0) is 34.1 Å². The van der Waals surface area contributed by atoms with Crippen molar-refractivity contribution >= 4 is 56.8 Å². The van der Waals surface area contributed by atoms with Crippen molar-refractivity contribution in [3.8, 4) is 11.1 Å². The Hall–Kier alpha value is -4.88. The summed E-state index contributed by atoms with van der Waals surface area (Å²) in [5, 5.41) is 20.7. The van der Waals surface area contributed by atoms with Gasteiger partial charge in [0.25, 0.3) is 0 Å². The van der Waals surface area contributed by atoms with E-state index in [0.717, 1.165) is 16.0 Å². The number of aromatic nitrogens is 4. The van der Waals surface area contributed by atoms with Gasteiger partial charge in [0.05, 0.1) is 47.8 Å². The van der Waals surface area contributed by atoms with Gasteiger partial charge in [-0.1, -0.05) is 35.0 Å². The number of ether oxygens (including phenoxy) is 1. The topological polar surface area (TPSA) is 138 Å². The van der Waals surface area contributed by atoms with E-state index in [1.54, 1.807) is 25.1 Å². The van der Waals surface area contributed by atoms with E-state index in [0.29, 0.717) is 46.4 Å². The highest BCUT2D eigenvalue weighted by molar-refractivity contribution is 6.37. The third-order valence-corrected chi connectivity index (χ3v) is 8.70. The SMILES string of the molecule is CC(=NO)c1nn(CC(=O)N2C[C@H](F)C[C@H]2C(=O)Nc2cccc(-c3ccc4[nH]cnc4c3Cl)c2F)c2cc3c(cc12)COC3. The number of rotatable bonds is 6. The van der Waals surface area contributed by atoms with Gasteiger partial charge in [0, 0.05) is 22.9 Å². The lowest BCUT2D eigenvalue weighted by molar-refractivity contribution is -0.137. The summed E-state index contributed by atoms with van der Waals surface area (Å²) in [6, 6.07) is 10.4. The molecule has 0 aliphatic carbocycles. The number of carbonyl (C=O) groups excluding carboxylic acids is 2. The number of benzene rings is 3. The van der Waals surface area contributed by atoms with E-state index in [1.807, 2.05) is 12.1 Å². The first kappa shape index (κ1) is 28.9. The van der Waals surface area contributed by atoms with Gasteiger partial charge >= 0.3 is 0 Å². The second kappa shape index (κ2) is 11.2. The number of fused-ring (bicyclic) bond motifs is 3. The predicted molar refractivity (Wildman–Crippen MR) is 162 cm³/mol. The molecule has 2 amide bonds. The van der Waals surface area contributed by atoms with Gasteiger partial charge in [-0.15, -0.1) is 0 Å². The van der Waals surface area contributed by atoms with Crippen molar-refractivity contribution < 1.29 is 28.3 Å². The molecule has 14 heteroatoms. The smallest absolute Gasteiger partial charge is 0.247 e. The lowest BCUT2D eigenvalue weighted by Crippen LogP contribution is -2.44. The van der Waals surface area contributed by atoms with Gasteiger partial charge in [0.1, 0.15) is 35.7 Å². The molecule has 0 saturated carbocycles. The molecule has 5 aromatic rings. The number of aromatic amines is 1. The fourth-order valence-electron chi connectivity index (χ4n) is 6.04. The van der Waals surface area contributed by atoms with Crippen LogP contribution in [0.5, 0.6) is 0 Å². The molecular formula is C31H26ClF2N7O4. The number of halogens is 3. The standard InChI is InChI=1S/C31H26ClF2N7O4/c1-15(39-44)29-21-7-16-12-45-13-17(16)8-24(21)41(38-29)11-26(42)40-10-18(33)9-25(40)31(43)37-22-4-2-3-20(28(22)34)19-5-6-23-30(27(19)32)36-14-35-23/h2-8,14,18,25,44H,9-13H2,1H3,(H,35,36)(H,37,43)/t18-,25+/m1/s1. The molecule has 0 unspecified atom stereocenters. The van der Waals surface area contributed by atoms with Crippen LogP contribution < -0.4 is 5.32 Å². The summed E-state index contributed by atoms with van der Waals surface area (Å²) in [6.45, 7) is 1.83. The van der Waals surface area contributed by atoms with E-state index in [2.05, 4.69) is 25.5 Å². The van der Waals surface area contributed by atoms with Gasteiger partial charge < -0.3 is 25.1 Å². The first-order valence-corrected chi connectivity index (χ1v) is 14.5. The number of oxime groups is 1. The minimum Gasteiger partial charge on any atom is -0.411 e. The van der Waals surface area contributed by atoms with Crippen molar-refractivity contribution in [2.75, 3.05) is 11.9 Å². The van der Waals surface area contributed by atoms with Crippen LogP contribution in [0.4, 0.5) is 14.5 Å². The average molecular weight is 634 g/mol. The Balaban J connectivity index is 1.15. The first-order chi connectivity index (χ1) is 21.7. The lowest BCUT2D eigenvalue weighted by atomic mass is 10.0. The first-order valence-electron chi connectivity index (χ1n) is 14.2. The van der Waals surface area contributed by atoms with Gasteiger partial charge in [0.2, 0.25) is 11.8 Å². The van der Waals surface area contributed by atoms with E-state index in [4.69, 9.17) is 16.3 Å². The predicted octanol–water partition coefficient (Wildman–Crippen LogP) is 5.18.